The normalized spacial score (nSPS) is 18.0. The molecule has 1 rings (SSSR count). The molecule has 0 bridgehead atoms. The fourth-order valence-corrected chi connectivity index (χ4v) is 6.63. The van der Waals surface area contributed by atoms with E-state index in [1.807, 2.05) is 34.6 Å². The number of imide groups is 1. The van der Waals surface area contributed by atoms with Gasteiger partial charge in [0.15, 0.2) is 0 Å². The monoisotopic (exact) mass is 510 g/mol. The number of hydrogen-bond donors (Lipinski definition) is 2. The van der Waals surface area contributed by atoms with Gasteiger partial charge in [-0.15, -0.1) is 11.8 Å². The van der Waals surface area contributed by atoms with Gasteiger partial charge in [-0.3, -0.25) is 24.1 Å². The van der Waals surface area contributed by atoms with Gasteiger partial charge >= 0.3 is 5.97 Å². The molecule has 3 amide bonds. The van der Waals surface area contributed by atoms with E-state index in [0.717, 1.165) is 0 Å². The van der Waals surface area contributed by atoms with Crippen molar-refractivity contribution in [2.45, 2.75) is 62.7 Å². The lowest BCUT2D eigenvalue weighted by Crippen LogP contribution is -2.33. The average molecular weight is 511 g/mol. The number of carboxylic acids is 1. The first-order valence-electron chi connectivity index (χ1n) is 10.3. The van der Waals surface area contributed by atoms with Gasteiger partial charge in [0.25, 0.3) is 0 Å². The summed E-state index contributed by atoms with van der Waals surface area (Å²) in [6.45, 7) is 10.9. The topological polar surface area (TPSA) is 104 Å². The van der Waals surface area contributed by atoms with Crippen molar-refractivity contribution in [1.29, 1.82) is 0 Å². The van der Waals surface area contributed by atoms with E-state index >= 15 is 0 Å². The number of thioether (sulfide) groups is 2. The molecular formula is C20H34N2O5S4. The highest BCUT2D eigenvalue weighted by molar-refractivity contribution is 8.76. The molecule has 2 unspecified atom stereocenters. The van der Waals surface area contributed by atoms with Gasteiger partial charge in [0.1, 0.15) is 0 Å². The third-order valence-electron chi connectivity index (χ3n) is 4.13. The zero-order chi connectivity index (χ0) is 23.6. The maximum atomic E-state index is 12.3. The Morgan fingerprint density at radius 1 is 1.19 bits per heavy atom. The standard InChI is InChI=1S/C20H34N2O5S4/c1-13(2)31-15-11-17(24)22(18(15)25)7-9-30-29-8-6-21-16(23)10-14(19(26)27)12-28-20(3,4)5/h13-15H,6-12H2,1-5H3,(H,21,23)(H,26,27). The molecule has 1 fully saturated rings. The maximum Gasteiger partial charge on any atom is 0.307 e. The Labute approximate surface area is 201 Å². The number of nitrogens with zero attached hydrogens (tertiary/aromatic N) is 1. The minimum absolute atomic E-state index is 0.0229. The van der Waals surface area contributed by atoms with Crippen LogP contribution in [0.3, 0.4) is 0 Å². The van der Waals surface area contributed by atoms with E-state index < -0.39 is 11.9 Å². The van der Waals surface area contributed by atoms with Gasteiger partial charge in [0, 0.05) is 47.9 Å². The van der Waals surface area contributed by atoms with Crippen molar-refractivity contribution in [3.8, 4) is 0 Å². The number of rotatable bonds is 14. The van der Waals surface area contributed by atoms with E-state index in [1.54, 1.807) is 33.3 Å². The predicted molar refractivity (Wildman–Crippen MR) is 134 cm³/mol. The van der Waals surface area contributed by atoms with Gasteiger partial charge in [-0.05, 0) is 5.25 Å². The van der Waals surface area contributed by atoms with Gasteiger partial charge in [0.2, 0.25) is 17.7 Å². The molecule has 0 radical (unpaired) electrons. The van der Waals surface area contributed by atoms with Crippen LogP contribution in [0.1, 0.15) is 47.5 Å². The summed E-state index contributed by atoms with van der Waals surface area (Å²) in [5.74, 6) is -0.371. The van der Waals surface area contributed by atoms with Crippen LogP contribution < -0.4 is 5.32 Å². The molecule has 1 saturated heterocycles. The molecule has 7 nitrogen and oxygen atoms in total. The first kappa shape index (κ1) is 28.5. The van der Waals surface area contributed by atoms with E-state index in [4.69, 9.17) is 0 Å². The Morgan fingerprint density at radius 2 is 1.84 bits per heavy atom. The van der Waals surface area contributed by atoms with Crippen LogP contribution in [0.5, 0.6) is 0 Å². The van der Waals surface area contributed by atoms with E-state index in [1.165, 1.54) is 16.7 Å². The lowest BCUT2D eigenvalue weighted by atomic mass is 10.1. The van der Waals surface area contributed by atoms with Crippen molar-refractivity contribution in [1.82, 2.24) is 10.2 Å². The minimum atomic E-state index is -0.947. The molecule has 0 spiro atoms. The molecule has 0 aromatic carbocycles. The first-order valence-corrected chi connectivity index (χ1v) is 14.7. The second kappa shape index (κ2) is 13.9. The summed E-state index contributed by atoms with van der Waals surface area (Å²) in [4.78, 5) is 49.1. The van der Waals surface area contributed by atoms with Gasteiger partial charge in [-0.25, -0.2) is 0 Å². The van der Waals surface area contributed by atoms with E-state index in [2.05, 4.69) is 5.32 Å². The Hall–Kier alpha value is -0.520. The van der Waals surface area contributed by atoms with Crippen molar-refractivity contribution >= 4 is 68.8 Å². The summed E-state index contributed by atoms with van der Waals surface area (Å²) < 4.78 is -0.0451. The molecule has 2 atom stereocenters. The average Bonchev–Trinajstić information content (AvgIpc) is 2.89. The fourth-order valence-electron chi connectivity index (χ4n) is 2.67. The van der Waals surface area contributed by atoms with Crippen LogP contribution in [0.2, 0.25) is 0 Å². The van der Waals surface area contributed by atoms with Gasteiger partial charge in [-0.2, -0.15) is 11.8 Å². The Balaban J connectivity index is 2.19. The molecule has 1 heterocycles. The smallest absolute Gasteiger partial charge is 0.307 e. The molecule has 1 aliphatic rings. The molecule has 0 aromatic heterocycles. The second-order valence-corrected chi connectivity index (χ2v) is 14.8. The molecule has 1 aliphatic heterocycles. The molecule has 31 heavy (non-hydrogen) atoms. The van der Waals surface area contributed by atoms with Crippen LogP contribution in [0.4, 0.5) is 0 Å². The Bertz CT molecular complexity index is 640. The first-order chi connectivity index (χ1) is 14.4. The highest BCUT2D eigenvalue weighted by atomic mass is 33.1. The summed E-state index contributed by atoms with van der Waals surface area (Å²) in [7, 11) is 3.11. The third kappa shape index (κ3) is 11.8. The van der Waals surface area contributed by atoms with Crippen LogP contribution in [0.15, 0.2) is 0 Å². The number of carboxylic acid groups (broad SMARTS) is 1. The van der Waals surface area contributed by atoms with Crippen molar-refractivity contribution in [2.24, 2.45) is 5.92 Å². The Kier molecular flexibility index (Phi) is 12.8. The molecule has 0 saturated carbocycles. The third-order valence-corrected chi connectivity index (χ3v) is 9.19. The van der Waals surface area contributed by atoms with Gasteiger partial charge < -0.3 is 10.4 Å². The summed E-state index contributed by atoms with van der Waals surface area (Å²) >= 11 is 3.08. The lowest BCUT2D eigenvalue weighted by Gasteiger charge is -2.20. The zero-order valence-corrected chi connectivity index (χ0v) is 22.1. The summed E-state index contributed by atoms with van der Waals surface area (Å²) in [6, 6.07) is 0. The minimum Gasteiger partial charge on any atom is -0.481 e. The summed E-state index contributed by atoms with van der Waals surface area (Å²) in [6.07, 6.45) is 0.266. The summed E-state index contributed by atoms with van der Waals surface area (Å²) in [5.41, 5.74) is 0. The van der Waals surface area contributed by atoms with Crippen molar-refractivity contribution in [3.05, 3.63) is 0 Å². The molecular weight excluding hydrogens is 476 g/mol. The number of carbonyl (C=O) groups is 4. The van der Waals surface area contributed by atoms with Crippen LogP contribution in [-0.2, 0) is 19.2 Å². The Morgan fingerprint density at radius 3 is 2.42 bits per heavy atom. The number of aliphatic carboxylic acids is 1. The molecule has 0 aromatic rings. The SMILES string of the molecule is CC(C)SC1CC(=O)N(CCSSCCNC(=O)CC(CSC(C)(C)C)C(=O)O)C1=O. The number of nitrogens with one attached hydrogen (secondary N) is 1. The fraction of sp³-hybridized carbons (Fsp3) is 0.800. The number of amides is 3. The molecule has 11 heteroatoms. The quantitative estimate of drug-likeness (QED) is 0.207. The number of likely N-dealkylation sites (tertiary alicyclic amines) is 1. The van der Waals surface area contributed by atoms with Crippen molar-refractivity contribution < 1.29 is 24.3 Å². The van der Waals surface area contributed by atoms with Crippen LogP contribution in [0.25, 0.3) is 0 Å². The van der Waals surface area contributed by atoms with Gasteiger partial charge in [-0.1, -0.05) is 56.2 Å². The highest BCUT2D eigenvalue weighted by Gasteiger charge is 2.38. The van der Waals surface area contributed by atoms with Crippen LogP contribution >= 0.6 is 45.1 Å². The van der Waals surface area contributed by atoms with Crippen molar-refractivity contribution in [3.63, 3.8) is 0 Å². The summed E-state index contributed by atoms with van der Waals surface area (Å²) in [5, 5.41) is 12.1. The zero-order valence-electron chi connectivity index (χ0n) is 18.8. The molecule has 0 aliphatic carbocycles. The number of carbonyl (C=O) groups excluding carboxylic acids is 3. The van der Waals surface area contributed by atoms with Crippen LogP contribution in [0, 0.1) is 5.92 Å². The lowest BCUT2D eigenvalue weighted by molar-refractivity contribution is -0.143. The van der Waals surface area contributed by atoms with Crippen LogP contribution in [-0.4, -0.2) is 79.3 Å². The van der Waals surface area contributed by atoms with Crippen molar-refractivity contribution in [2.75, 3.05) is 30.3 Å². The largest absolute Gasteiger partial charge is 0.481 e. The second-order valence-electron chi connectivity index (χ2n) is 8.42. The molecule has 2 N–H and O–H groups in total. The highest BCUT2D eigenvalue weighted by Crippen LogP contribution is 2.29. The predicted octanol–water partition coefficient (Wildman–Crippen LogP) is 3.38. The van der Waals surface area contributed by atoms with Gasteiger partial charge in [0.05, 0.1) is 11.2 Å². The molecule has 178 valence electrons. The van der Waals surface area contributed by atoms with E-state index in [-0.39, 0.29) is 40.6 Å². The van der Waals surface area contributed by atoms with E-state index in [9.17, 15) is 24.3 Å². The maximum absolute atomic E-state index is 12.3. The number of hydrogen-bond acceptors (Lipinski definition) is 8. The van der Waals surface area contributed by atoms with E-state index in [0.29, 0.717) is 35.6 Å².